The first kappa shape index (κ1) is 10.6. The van der Waals surface area contributed by atoms with Gasteiger partial charge in [0.15, 0.2) is 0 Å². The van der Waals surface area contributed by atoms with Crippen LogP contribution in [0.25, 0.3) is 0 Å². The van der Waals surface area contributed by atoms with Crippen LogP contribution in [0.1, 0.15) is 5.69 Å². The van der Waals surface area contributed by atoms with E-state index in [1.165, 1.54) is 6.94 Å². The number of rotatable bonds is 2. The maximum atomic E-state index is 4.20. The third kappa shape index (κ3) is 3.04. The molecule has 1 aromatic heterocycles. The second-order valence-corrected chi connectivity index (χ2v) is 6.04. The van der Waals surface area contributed by atoms with Gasteiger partial charge in [-0.15, -0.1) is 0 Å². The molecule has 0 saturated heterocycles. The Morgan fingerprint density at radius 3 is 2.93 bits per heavy atom. The zero-order valence-electron chi connectivity index (χ0n) is 7.94. The third-order valence-corrected chi connectivity index (χ3v) is 4.45. The van der Waals surface area contributed by atoms with Crippen molar-refractivity contribution in [3.63, 3.8) is 0 Å². The topological polar surface area (TPSA) is 12.9 Å². The summed E-state index contributed by atoms with van der Waals surface area (Å²) in [5.74, 6) is 0. The van der Waals surface area contributed by atoms with Crippen molar-refractivity contribution in [2.75, 3.05) is 0 Å². The SMILES string of the molecule is Cc1cc([I-]C2=B[B][B][B][B]2)ccn1. The van der Waals surface area contributed by atoms with Crippen molar-refractivity contribution in [2.45, 2.75) is 6.92 Å². The summed E-state index contributed by atoms with van der Waals surface area (Å²) < 4.78 is 2.89. The Morgan fingerprint density at radius 1 is 1.29 bits per heavy atom. The Balaban J connectivity index is 2.06. The molecule has 4 radical (unpaired) electrons. The fourth-order valence-electron chi connectivity index (χ4n) is 1.17. The van der Waals surface area contributed by atoms with Crippen molar-refractivity contribution in [3.05, 3.63) is 27.6 Å². The molecular weight excluding hydrogens is 279 g/mol. The average molecular weight is 285 g/mol. The molecule has 2 rings (SSSR count). The number of aromatic nitrogens is 1. The summed E-state index contributed by atoms with van der Waals surface area (Å²) in [4.78, 5) is 4.20. The molecule has 0 spiro atoms. The molecular formula is C7H6B5IN-. The van der Waals surface area contributed by atoms with Crippen LogP contribution < -0.4 is 21.2 Å². The van der Waals surface area contributed by atoms with Gasteiger partial charge in [0.1, 0.15) is 0 Å². The minimum absolute atomic E-state index is 0.0281. The van der Waals surface area contributed by atoms with Gasteiger partial charge in [-0.05, 0) is 0 Å². The molecule has 14 heavy (non-hydrogen) atoms. The Kier molecular flexibility index (Phi) is 3.96. The fraction of sp³-hybridized carbons (Fsp3) is 0.143. The Bertz CT molecular complexity index is 356. The summed E-state index contributed by atoms with van der Waals surface area (Å²) in [7, 11) is 8.46. The molecule has 0 fully saturated rings. The molecule has 1 nitrogen and oxygen atoms in total. The van der Waals surface area contributed by atoms with E-state index in [1.54, 1.807) is 0 Å². The van der Waals surface area contributed by atoms with Crippen LogP contribution in [0.4, 0.5) is 0 Å². The Morgan fingerprint density at radius 2 is 2.21 bits per heavy atom. The first-order valence-electron chi connectivity index (χ1n) is 4.47. The fourth-order valence-corrected chi connectivity index (χ4v) is 3.61. The molecule has 1 aromatic rings. The van der Waals surface area contributed by atoms with Crippen molar-refractivity contribution in [2.24, 2.45) is 0 Å². The predicted molar refractivity (Wildman–Crippen MR) is 61.4 cm³/mol. The van der Waals surface area contributed by atoms with Gasteiger partial charge in [0, 0.05) is 0 Å². The van der Waals surface area contributed by atoms with Crippen LogP contribution in [0, 0.1) is 10.5 Å². The third-order valence-electron chi connectivity index (χ3n) is 1.81. The average Bonchev–Trinajstić information content (AvgIpc) is 2.19. The Labute approximate surface area is 98.9 Å². The maximum absolute atomic E-state index is 4.20. The second-order valence-electron chi connectivity index (χ2n) is 3.01. The van der Waals surface area contributed by atoms with E-state index in [-0.39, 0.29) is 21.2 Å². The van der Waals surface area contributed by atoms with E-state index in [0.29, 0.717) is 0 Å². The number of nitrogens with zero attached hydrogens (tertiary/aromatic N) is 1. The van der Waals surface area contributed by atoms with Crippen molar-refractivity contribution in [3.8, 4) is 0 Å². The molecule has 0 aromatic carbocycles. The van der Waals surface area contributed by atoms with Crippen molar-refractivity contribution < 1.29 is 21.2 Å². The van der Waals surface area contributed by atoms with E-state index in [1.807, 2.05) is 13.1 Å². The summed E-state index contributed by atoms with van der Waals surface area (Å²) in [6.45, 7) is 4.24. The van der Waals surface area contributed by atoms with Crippen LogP contribution in [0.5, 0.6) is 0 Å². The molecule has 0 saturated carbocycles. The number of hydrogen-bond donors (Lipinski definition) is 0. The predicted octanol–water partition coefficient (Wildman–Crippen LogP) is -4.07. The van der Waals surface area contributed by atoms with Gasteiger partial charge in [-0.2, -0.15) is 0 Å². The van der Waals surface area contributed by atoms with Crippen LogP contribution in [-0.4, -0.2) is 43.5 Å². The molecule has 1 aliphatic heterocycles. The van der Waals surface area contributed by atoms with E-state index in [2.05, 4.69) is 52.3 Å². The normalized spacial score (nSPS) is 13.9. The van der Waals surface area contributed by atoms with Gasteiger partial charge in [0.25, 0.3) is 0 Å². The van der Waals surface area contributed by atoms with Gasteiger partial charge in [-0.25, -0.2) is 0 Å². The van der Waals surface area contributed by atoms with Gasteiger partial charge in [-0.3, -0.25) is 0 Å². The van der Waals surface area contributed by atoms with Crippen LogP contribution >= 0.6 is 0 Å². The van der Waals surface area contributed by atoms with E-state index in [9.17, 15) is 0 Å². The monoisotopic (exact) mass is 286 g/mol. The number of hydrogen-bond acceptors (Lipinski definition) is 1. The molecule has 2 heterocycles. The van der Waals surface area contributed by atoms with Crippen molar-refractivity contribution >= 4 is 38.5 Å². The van der Waals surface area contributed by atoms with Gasteiger partial charge < -0.3 is 0 Å². The van der Waals surface area contributed by atoms with Crippen LogP contribution in [0.15, 0.2) is 18.3 Å². The van der Waals surface area contributed by atoms with Crippen molar-refractivity contribution in [1.82, 2.24) is 4.98 Å². The molecule has 0 amide bonds. The number of halogens is 1. The summed E-state index contributed by atoms with van der Waals surface area (Å²) in [6, 6.07) is 4.30. The second kappa shape index (κ2) is 5.24. The molecule has 0 atom stereocenters. The first-order valence-corrected chi connectivity index (χ1v) is 6.63. The molecule has 0 N–H and O–H groups in total. The minimum atomic E-state index is -0.0281. The summed E-state index contributed by atoms with van der Waals surface area (Å²) in [5.41, 5.74) is 1.11. The van der Waals surface area contributed by atoms with E-state index in [0.717, 1.165) is 5.69 Å². The molecule has 0 aliphatic carbocycles. The summed E-state index contributed by atoms with van der Waals surface area (Å²) >= 11 is -0.0281. The summed E-state index contributed by atoms with van der Waals surface area (Å²) in [6.07, 6.45) is 1.90. The number of pyridine rings is 1. The molecule has 62 valence electrons. The quantitative estimate of drug-likeness (QED) is 0.398. The summed E-state index contributed by atoms with van der Waals surface area (Å²) in [5, 5.41) is 0. The van der Waals surface area contributed by atoms with Gasteiger partial charge in [0.2, 0.25) is 0 Å². The zero-order chi connectivity index (χ0) is 9.80. The zero-order valence-corrected chi connectivity index (χ0v) is 10.1. The van der Waals surface area contributed by atoms with E-state index >= 15 is 0 Å². The van der Waals surface area contributed by atoms with Gasteiger partial charge in [-0.1, -0.05) is 0 Å². The van der Waals surface area contributed by atoms with E-state index in [4.69, 9.17) is 0 Å². The molecule has 0 bridgehead atoms. The molecule has 7 heteroatoms. The van der Waals surface area contributed by atoms with Crippen LogP contribution in [0.2, 0.25) is 0 Å². The molecule has 0 unspecified atom stereocenters. The first-order chi connectivity index (χ1) is 6.84. The van der Waals surface area contributed by atoms with Crippen LogP contribution in [-0.2, 0) is 0 Å². The number of aryl methyl sites for hydroxylation is 1. The van der Waals surface area contributed by atoms with E-state index < -0.39 is 0 Å². The Hall–Kier alpha value is 0.0747. The standard InChI is InChI=1S/C7H6B5IN/c1-5-4-6(2-3-14-5)13-7-8-10-12-11-9-7/h2-4H,1H3/q-1. The molecule has 1 aliphatic rings. The van der Waals surface area contributed by atoms with Gasteiger partial charge in [0.05, 0.1) is 0 Å². The van der Waals surface area contributed by atoms with Crippen molar-refractivity contribution in [1.29, 1.82) is 0 Å². The van der Waals surface area contributed by atoms with Gasteiger partial charge >= 0.3 is 99.2 Å². The van der Waals surface area contributed by atoms with Crippen LogP contribution in [0.3, 0.4) is 0 Å².